The molecule has 2 aromatic carbocycles. The van der Waals surface area contributed by atoms with E-state index in [1.54, 1.807) is 18.3 Å². The average molecular weight is 573 g/mol. The van der Waals surface area contributed by atoms with Gasteiger partial charge in [0.1, 0.15) is 40.2 Å². The highest BCUT2D eigenvalue weighted by Gasteiger charge is 2.23. The molecule has 0 fully saturated rings. The summed E-state index contributed by atoms with van der Waals surface area (Å²) in [5.74, 6) is 0.0927. The fourth-order valence-corrected chi connectivity index (χ4v) is 6.45. The molecule has 0 radical (unpaired) electrons. The summed E-state index contributed by atoms with van der Waals surface area (Å²) in [6.45, 7) is 1.76. The number of benzene rings is 2. The Morgan fingerprint density at radius 2 is 2.03 bits per heavy atom. The monoisotopic (exact) mass is 572 g/mol. The van der Waals surface area contributed by atoms with E-state index in [1.165, 1.54) is 30.3 Å². The van der Waals surface area contributed by atoms with Crippen molar-refractivity contribution in [3.63, 3.8) is 0 Å². The van der Waals surface area contributed by atoms with Crippen LogP contribution in [0.4, 0.5) is 20.3 Å². The molecule has 1 atom stereocenters. The zero-order valence-corrected chi connectivity index (χ0v) is 22.7. The number of hydrogen-bond acceptors (Lipinski definition) is 6. The lowest BCUT2D eigenvalue weighted by atomic mass is 9.93. The molecule has 2 heterocycles. The number of allylic oxidation sites excluding steroid dienone is 1. The smallest absolute Gasteiger partial charge is 0.263 e. The van der Waals surface area contributed by atoms with E-state index in [1.807, 2.05) is 11.3 Å². The Labute approximate surface area is 230 Å². The number of anilines is 2. The topological polar surface area (TPSA) is 114 Å². The molecule has 0 bridgehead atoms. The van der Waals surface area contributed by atoms with Gasteiger partial charge in [-0.3, -0.25) is 9.12 Å². The predicted octanol–water partition coefficient (Wildman–Crippen LogP) is 5.38. The van der Waals surface area contributed by atoms with E-state index in [-0.39, 0.29) is 27.5 Å². The SMILES string of the molecule is Cc1nc(-c2ccc(NS(=O)(=O)c3ccccc3Cl)c(F)c2)c2c(N)ncc(C3=CCC(NCCF)CC3)n12. The number of halogens is 3. The third-order valence-corrected chi connectivity index (χ3v) is 8.60. The zero-order valence-electron chi connectivity index (χ0n) is 21.1. The number of hydrogen-bond donors (Lipinski definition) is 3. The van der Waals surface area contributed by atoms with Crippen LogP contribution >= 0.6 is 11.6 Å². The Morgan fingerprint density at radius 1 is 1.23 bits per heavy atom. The third-order valence-electron chi connectivity index (χ3n) is 6.73. The van der Waals surface area contributed by atoms with Crippen molar-refractivity contribution >= 4 is 44.2 Å². The molecular weight excluding hydrogens is 546 g/mol. The Morgan fingerprint density at radius 3 is 2.72 bits per heavy atom. The van der Waals surface area contributed by atoms with Gasteiger partial charge in [-0.1, -0.05) is 35.9 Å². The fraction of sp³-hybridized carbons (Fsp3) is 0.259. The second-order valence-electron chi connectivity index (χ2n) is 9.29. The quantitative estimate of drug-likeness (QED) is 0.261. The molecule has 1 unspecified atom stereocenters. The summed E-state index contributed by atoms with van der Waals surface area (Å²) in [4.78, 5) is 8.92. The van der Waals surface area contributed by atoms with Crippen LogP contribution in [-0.4, -0.2) is 42.0 Å². The maximum atomic E-state index is 15.2. The van der Waals surface area contributed by atoms with Gasteiger partial charge >= 0.3 is 0 Å². The van der Waals surface area contributed by atoms with Crippen LogP contribution in [0, 0.1) is 12.7 Å². The summed E-state index contributed by atoms with van der Waals surface area (Å²) in [6.07, 6.45) is 6.21. The van der Waals surface area contributed by atoms with E-state index in [2.05, 4.69) is 26.1 Å². The lowest BCUT2D eigenvalue weighted by molar-refractivity contribution is 0.415. The van der Waals surface area contributed by atoms with Gasteiger partial charge in [0.25, 0.3) is 10.0 Å². The number of rotatable bonds is 8. The van der Waals surface area contributed by atoms with Crippen molar-refractivity contribution in [2.75, 3.05) is 23.7 Å². The summed E-state index contributed by atoms with van der Waals surface area (Å²) in [5.41, 5.74) is 9.34. The normalized spacial score (nSPS) is 15.9. The fourth-order valence-electron chi connectivity index (χ4n) is 4.86. The van der Waals surface area contributed by atoms with E-state index in [9.17, 15) is 12.8 Å². The summed E-state index contributed by atoms with van der Waals surface area (Å²) in [7, 11) is -4.11. The summed E-state index contributed by atoms with van der Waals surface area (Å²) in [6, 6.07) is 10.3. The molecule has 2 aromatic heterocycles. The van der Waals surface area contributed by atoms with Crippen LogP contribution in [0.25, 0.3) is 22.3 Å². The average Bonchev–Trinajstić information content (AvgIpc) is 3.27. The van der Waals surface area contributed by atoms with Crippen LogP contribution in [0.1, 0.15) is 30.8 Å². The number of aryl methyl sites for hydroxylation is 1. The molecule has 1 aliphatic carbocycles. The molecule has 8 nitrogen and oxygen atoms in total. The summed E-state index contributed by atoms with van der Waals surface area (Å²) >= 11 is 6.03. The number of sulfonamides is 1. The Hall–Kier alpha value is -3.54. The van der Waals surface area contributed by atoms with Crippen LogP contribution in [-0.2, 0) is 10.0 Å². The predicted molar refractivity (Wildman–Crippen MR) is 149 cm³/mol. The Kier molecular flexibility index (Phi) is 7.57. The number of imidazole rings is 1. The van der Waals surface area contributed by atoms with Crippen LogP contribution in [0.5, 0.6) is 0 Å². The van der Waals surface area contributed by atoms with Gasteiger partial charge in [0.05, 0.1) is 22.6 Å². The first kappa shape index (κ1) is 27.0. The van der Waals surface area contributed by atoms with Crippen molar-refractivity contribution < 1.29 is 17.2 Å². The van der Waals surface area contributed by atoms with Gasteiger partial charge in [0.2, 0.25) is 0 Å². The number of nitrogens with zero attached hydrogens (tertiary/aromatic N) is 3. The second-order valence-corrected chi connectivity index (χ2v) is 11.4. The molecule has 4 N–H and O–H groups in total. The van der Waals surface area contributed by atoms with Gasteiger partial charge in [-0.25, -0.2) is 27.2 Å². The van der Waals surface area contributed by atoms with Crippen LogP contribution < -0.4 is 15.8 Å². The van der Waals surface area contributed by atoms with Gasteiger partial charge in [-0.05, 0) is 56.0 Å². The summed E-state index contributed by atoms with van der Waals surface area (Å²) in [5, 5.41) is 3.23. The van der Waals surface area contributed by atoms with Crippen molar-refractivity contribution in [2.45, 2.75) is 37.1 Å². The largest absolute Gasteiger partial charge is 0.382 e. The standard InChI is InChI=1S/C27H27ClF2N6O2S/c1-16-34-25(18-8-11-22(21(30)14-18)35-39(37,38)24-5-3-2-4-20(24)28)26-27(31)33-15-23(36(16)26)17-6-9-19(10-7-17)32-13-12-29/h2-6,8,11,14-15,19,32,35H,7,9-10,12-13H2,1H3,(H2,31,33). The number of aromatic nitrogens is 3. The van der Waals surface area contributed by atoms with E-state index in [0.717, 1.165) is 30.5 Å². The maximum absolute atomic E-state index is 15.2. The minimum atomic E-state index is -4.11. The number of nitrogens with two attached hydrogens (primary N) is 1. The van der Waals surface area contributed by atoms with Crippen LogP contribution in [0.3, 0.4) is 0 Å². The van der Waals surface area contributed by atoms with Crippen molar-refractivity contribution in [2.24, 2.45) is 0 Å². The highest BCUT2D eigenvalue weighted by atomic mass is 35.5. The van der Waals surface area contributed by atoms with Crippen molar-refractivity contribution in [1.29, 1.82) is 0 Å². The lowest BCUT2D eigenvalue weighted by Gasteiger charge is -2.23. The molecule has 0 spiro atoms. The molecule has 0 saturated heterocycles. The van der Waals surface area contributed by atoms with Crippen molar-refractivity contribution in [3.05, 3.63) is 77.1 Å². The molecule has 1 aliphatic rings. The van der Waals surface area contributed by atoms with E-state index < -0.39 is 22.5 Å². The van der Waals surface area contributed by atoms with E-state index in [4.69, 9.17) is 17.3 Å². The number of nitrogens with one attached hydrogen (secondary N) is 2. The Bertz CT molecular complexity index is 1690. The van der Waals surface area contributed by atoms with E-state index >= 15 is 4.39 Å². The molecule has 204 valence electrons. The Balaban J connectivity index is 1.49. The third kappa shape index (κ3) is 5.34. The van der Waals surface area contributed by atoms with Gasteiger partial charge in [0, 0.05) is 18.2 Å². The highest BCUT2D eigenvalue weighted by Crippen LogP contribution is 2.35. The first-order valence-electron chi connectivity index (χ1n) is 12.4. The van der Waals surface area contributed by atoms with E-state index in [0.29, 0.717) is 29.1 Å². The molecule has 5 rings (SSSR count). The lowest BCUT2D eigenvalue weighted by Crippen LogP contribution is -2.32. The molecular formula is C27H27ClF2N6O2S. The van der Waals surface area contributed by atoms with Crippen LogP contribution in [0.2, 0.25) is 5.02 Å². The molecule has 0 aliphatic heterocycles. The molecule has 12 heteroatoms. The zero-order chi connectivity index (χ0) is 27.7. The number of alkyl halides is 1. The van der Waals surface area contributed by atoms with Gasteiger partial charge < -0.3 is 11.1 Å². The van der Waals surface area contributed by atoms with Crippen molar-refractivity contribution in [1.82, 2.24) is 19.7 Å². The van der Waals surface area contributed by atoms with Gasteiger partial charge in [-0.2, -0.15) is 0 Å². The van der Waals surface area contributed by atoms with Gasteiger partial charge in [0.15, 0.2) is 0 Å². The molecule has 0 amide bonds. The molecule has 0 saturated carbocycles. The molecule has 39 heavy (non-hydrogen) atoms. The minimum Gasteiger partial charge on any atom is -0.382 e. The number of fused-ring (bicyclic) bond motifs is 1. The summed E-state index contributed by atoms with van der Waals surface area (Å²) < 4.78 is 57.5. The first-order chi connectivity index (χ1) is 18.7. The first-order valence-corrected chi connectivity index (χ1v) is 14.2. The minimum absolute atomic E-state index is 0.0281. The van der Waals surface area contributed by atoms with Gasteiger partial charge in [-0.15, -0.1) is 0 Å². The highest BCUT2D eigenvalue weighted by molar-refractivity contribution is 7.92. The molecule has 4 aromatic rings. The second kappa shape index (κ2) is 10.9. The maximum Gasteiger partial charge on any atom is 0.263 e. The number of nitrogen functional groups attached to an aromatic ring is 1. The van der Waals surface area contributed by atoms with Crippen LogP contribution in [0.15, 0.2) is 59.6 Å². The van der Waals surface area contributed by atoms with Crippen molar-refractivity contribution in [3.8, 4) is 11.3 Å².